The highest BCUT2D eigenvalue weighted by atomic mass is 19.1. The van der Waals surface area contributed by atoms with Gasteiger partial charge >= 0.3 is 5.97 Å². The summed E-state index contributed by atoms with van der Waals surface area (Å²) in [5.74, 6) is -1.14. The number of para-hydroxylation sites is 1. The summed E-state index contributed by atoms with van der Waals surface area (Å²) in [6, 6.07) is 13.2. The fourth-order valence-electron chi connectivity index (χ4n) is 3.05. The number of carboxylic acids is 1. The molecule has 0 aromatic heterocycles. The van der Waals surface area contributed by atoms with Crippen LogP contribution in [0.5, 0.6) is 11.5 Å². The maximum Gasteiger partial charge on any atom is 0.309 e. The quantitative estimate of drug-likeness (QED) is 0.735. The maximum absolute atomic E-state index is 13.6. The van der Waals surface area contributed by atoms with E-state index in [4.69, 9.17) is 14.6 Å². The van der Waals surface area contributed by atoms with Gasteiger partial charge in [-0.05, 0) is 55.5 Å². The summed E-state index contributed by atoms with van der Waals surface area (Å²) in [6.07, 6.45) is 0.465. The van der Waals surface area contributed by atoms with Crippen LogP contribution in [0.15, 0.2) is 48.5 Å². The zero-order chi connectivity index (χ0) is 19.4. The molecule has 2 atom stereocenters. The molecule has 0 amide bonds. The Balaban J connectivity index is 1.47. The van der Waals surface area contributed by atoms with Crippen LogP contribution in [0.4, 0.5) is 4.39 Å². The van der Waals surface area contributed by atoms with E-state index in [-0.39, 0.29) is 17.7 Å². The second kappa shape index (κ2) is 8.39. The van der Waals surface area contributed by atoms with Crippen molar-refractivity contribution in [3.63, 3.8) is 0 Å². The Hall–Kier alpha value is -2.60. The number of rotatable bonds is 8. The maximum atomic E-state index is 13.6. The molecule has 0 radical (unpaired) electrons. The number of hydrogen-bond acceptors (Lipinski definition) is 4. The lowest BCUT2D eigenvalue weighted by atomic mass is 9.83. The van der Waals surface area contributed by atoms with Crippen LogP contribution in [0.3, 0.4) is 0 Å². The largest absolute Gasteiger partial charge is 0.493 e. The van der Waals surface area contributed by atoms with Crippen LogP contribution in [-0.4, -0.2) is 28.9 Å². The van der Waals surface area contributed by atoms with Crippen LogP contribution in [0.25, 0.3) is 0 Å². The first-order valence-corrected chi connectivity index (χ1v) is 8.99. The SMILES string of the molecule is C[C@H](C(=O)O)[C@@H](O)c1cccc(OCC2CC(Oc3ccccc3F)C2)c1. The van der Waals surface area contributed by atoms with Gasteiger partial charge in [-0.2, -0.15) is 0 Å². The third kappa shape index (κ3) is 4.77. The van der Waals surface area contributed by atoms with Crippen LogP contribution < -0.4 is 9.47 Å². The van der Waals surface area contributed by atoms with Crippen molar-refractivity contribution in [3.05, 3.63) is 59.9 Å². The highest BCUT2D eigenvalue weighted by Crippen LogP contribution is 2.33. The van der Waals surface area contributed by atoms with Crippen molar-refractivity contribution in [2.75, 3.05) is 6.61 Å². The number of hydrogen-bond donors (Lipinski definition) is 2. The number of carboxylic acid groups (broad SMARTS) is 1. The lowest BCUT2D eigenvalue weighted by molar-refractivity contribution is -0.145. The first-order chi connectivity index (χ1) is 12.9. The lowest BCUT2D eigenvalue weighted by Gasteiger charge is -2.35. The van der Waals surface area contributed by atoms with Crippen molar-refractivity contribution >= 4 is 5.97 Å². The first-order valence-electron chi connectivity index (χ1n) is 8.99. The second-order valence-corrected chi connectivity index (χ2v) is 6.96. The topological polar surface area (TPSA) is 76.0 Å². The molecule has 1 aliphatic rings. The summed E-state index contributed by atoms with van der Waals surface area (Å²) in [4.78, 5) is 11.0. The molecule has 3 rings (SSSR count). The Kier molecular flexibility index (Phi) is 5.96. The van der Waals surface area contributed by atoms with E-state index in [1.807, 2.05) is 0 Å². The van der Waals surface area contributed by atoms with Gasteiger partial charge in [0.05, 0.1) is 24.7 Å². The molecule has 0 saturated heterocycles. The zero-order valence-corrected chi connectivity index (χ0v) is 15.0. The van der Waals surface area contributed by atoms with Crippen LogP contribution in [0.1, 0.15) is 31.4 Å². The molecule has 1 saturated carbocycles. The van der Waals surface area contributed by atoms with E-state index in [2.05, 4.69) is 0 Å². The second-order valence-electron chi connectivity index (χ2n) is 6.96. The van der Waals surface area contributed by atoms with Gasteiger partial charge in [0.2, 0.25) is 0 Å². The zero-order valence-electron chi connectivity index (χ0n) is 15.0. The Labute approximate surface area is 157 Å². The number of aliphatic hydroxyl groups is 1. The molecule has 0 aliphatic heterocycles. The van der Waals surface area contributed by atoms with E-state index in [9.17, 15) is 14.3 Å². The molecule has 6 heteroatoms. The number of halogens is 1. The predicted octanol–water partition coefficient (Wildman–Crippen LogP) is 3.82. The Bertz CT molecular complexity index is 788. The van der Waals surface area contributed by atoms with Crippen LogP contribution in [0.2, 0.25) is 0 Å². The molecule has 2 N–H and O–H groups in total. The third-order valence-electron chi connectivity index (χ3n) is 4.87. The van der Waals surface area contributed by atoms with Gasteiger partial charge < -0.3 is 19.7 Å². The fourth-order valence-corrected chi connectivity index (χ4v) is 3.05. The molecule has 0 spiro atoms. The van der Waals surface area contributed by atoms with E-state index in [1.54, 1.807) is 42.5 Å². The Morgan fingerprint density at radius 3 is 2.67 bits per heavy atom. The van der Waals surface area contributed by atoms with E-state index < -0.39 is 18.0 Å². The van der Waals surface area contributed by atoms with Crippen molar-refractivity contribution < 1.29 is 28.9 Å². The third-order valence-corrected chi connectivity index (χ3v) is 4.87. The average Bonchev–Trinajstić information content (AvgIpc) is 2.63. The van der Waals surface area contributed by atoms with Crippen molar-refractivity contribution in [1.29, 1.82) is 0 Å². The van der Waals surface area contributed by atoms with Gasteiger partial charge in [0, 0.05) is 0 Å². The molecule has 2 aromatic rings. The van der Waals surface area contributed by atoms with Crippen molar-refractivity contribution in [3.8, 4) is 11.5 Å². The summed E-state index contributed by atoms with van der Waals surface area (Å²) in [5, 5.41) is 19.2. The van der Waals surface area contributed by atoms with E-state index >= 15 is 0 Å². The van der Waals surface area contributed by atoms with Crippen molar-refractivity contribution in [2.45, 2.75) is 32.0 Å². The average molecular weight is 374 g/mol. The number of carbonyl (C=O) groups is 1. The highest BCUT2D eigenvalue weighted by molar-refractivity contribution is 5.70. The van der Waals surface area contributed by atoms with E-state index in [1.165, 1.54) is 13.0 Å². The predicted molar refractivity (Wildman–Crippen MR) is 97.2 cm³/mol. The standard InChI is InChI=1S/C21H23FO5/c1-13(21(24)25)20(23)15-5-4-6-16(11-15)26-12-14-9-17(10-14)27-19-8-3-2-7-18(19)22/h2-8,11,13-14,17,20,23H,9-10,12H2,1H3,(H,24,25)/t13-,14?,17?,20+/m0/s1. The van der Waals surface area contributed by atoms with Gasteiger partial charge in [-0.1, -0.05) is 24.3 Å². The van der Waals surface area contributed by atoms with Gasteiger partial charge in [0.25, 0.3) is 0 Å². The smallest absolute Gasteiger partial charge is 0.309 e. The van der Waals surface area contributed by atoms with Crippen LogP contribution >= 0.6 is 0 Å². The van der Waals surface area contributed by atoms with Gasteiger partial charge in [0.1, 0.15) is 5.75 Å². The number of benzene rings is 2. The summed E-state index contributed by atoms with van der Waals surface area (Å²) in [6.45, 7) is 1.95. The summed E-state index contributed by atoms with van der Waals surface area (Å²) in [5.41, 5.74) is 0.511. The van der Waals surface area contributed by atoms with E-state index in [0.717, 1.165) is 12.8 Å². The minimum absolute atomic E-state index is 0.0138. The molecule has 0 unspecified atom stereocenters. The highest BCUT2D eigenvalue weighted by Gasteiger charge is 2.32. The van der Waals surface area contributed by atoms with Crippen LogP contribution in [-0.2, 0) is 4.79 Å². The number of aliphatic hydroxyl groups excluding tert-OH is 1. The van der Waals surface area contributed by atoms with Crippen molar-refractivity contribution in [2.24, 2.45) is 11.8 Å². The molecule has 0 heterocycles. The molecular weight excluding hydrogens is 351 g/mol. The molecule has 144 valence electrons. The summed E-state index contributed by atoms with van der Waals surface area (Å²) in [7, 11) is 0. The van der Waals surface area contributed by atoms with Gasteiger partial charge in [-0.3, -0.25) is 4.79 Å². The van der Waals surface area contributed by atoms with Gasteiger partial charge in [-0.15, -0.1) is 0 Å². The molecule has 27 heavy (non-hydrogen) atoms. The van der Waals surface area contributed by atoms with Gasteiger partial charge in [0.15, 0.2) is 11.6 Å². The summed E-state index contributed by atoms with van der Waals surface area (Å²) < 4.78 is 25.0. The Morgan fingerprint density at radius 1 is 1.22 bits per heavy atom. The van der Waals surface area contributed by atoms with E-state index in [0.29, 0.717) is 23.8 Å². The normalized spacial score (nSPS) is 21.0. The molecule has 2 aromatic carbocycles. The lowest BCUT2D eigenvalue weighted by Crippen LogP contribution is -2.37. The monoisotopic (exact) mass is 374 g/mol. The minimum atomic E-state index is -1.09. The first kappa shape index (κ1) is 19.2. The van der Waals surface area contributed by atoms with Gasteiger partial charge in [-0.25, -0.2) is 4.39 Å². The molecular formula is C21H23FO5. The van der Waals surface area contributed by atoms with Crippen molar-refractivity contribution in [1.82, 2.24) is 0 Å². The molecule has 5 nitrogen and oxygen atoms in total. The minimum Gasteiger partial charge on any atom is -0.493 e. The number of aliphatic carboxylic acids is 1. The Morgan fingerprint density at radius 2 is 1.96 bits per heavy atom. The number of ether oxygens (including phenoxy) is 2. The molecule has 0 bridgehead atoms. The van der Waals surface area contributed by atoms with Crippen LogP contribution in [0, 0.1) is 17.7 Å². The molecule has 1 aliphatic carbocycles. The summed E-state index contributed by atoms with van der Waals surface area (Å²) >= 11 is 0. The fraction of sp³-hybridized carbons (Fsp3) is 0.381. The molecule has 1 fully saturated rings.